The standard InChI is InChI=1S/C17H22N4O/c1-2-20-9-8-18-16(17(20)22)21-12-10-19(11-13-21)14-15-6-4-3-5-7-15/h3-9H,2,10-14H2,1H3. The maximum atomic E-state index is 12.3. The number of hydrogen-bond acceptors (Lipinski definition) is 4. The molecule has 0 spiro atoms. The van der Waals surface area contributed by atoms with E-state index in [1.807, 2.05) is 13.0 Å². The van der Waals surface area contributed by atoms with Gasteiger partial charge in [-0.25, -0.2) is 4.98 Å². The van der Waals surface area contributed by atoms with E-state index in [-0.39, 0.29) is 5.56 Å². The van der Waals surface area contributed by atoms with E-state index in [1.54, 1.807) is 17.0 Å². The van der Waals surface area contributed by atoms with E-state index < -0.39 is 0 Å². The number of nitrogens with zero attached hydrogens (tertiary/aromatic N) is 4. The van der Waals surface area contributed by atoms with E-state index in [1.165, 1.54) is 5.56 Å². The Morgan fingerprint density at radius 2 is 1.82 bits per heavy atom. The lowest BCUT2D eigenvalue weighted by Crippen LogP contribution is -2.48. The Balaban J connectivity index is 1.64. The molecular weight excluding hydrogens is 276 g/mol. The van der Waals surface area contributed by atoms with Crippen molar-refractivity contribution in [2.45, 2.75) is 20.0 Å². The van der Waals surface area contributed by atoms with Gasteiger partial charge in [-0.2, -0.15) is 0 Å². The molecule has 1 fully saturated rings. The molecule has 0 bridgehead atoms. The van der Waals surface area contributed by atoms with Gasteiger partial charge < -0.3 is 9.47 Å². The summed E-state index contributed by atoms with van der Waals surface area (Å²) in [6.07, 6.45) is 3.47. The molecule has 3 rings (SSSR count). The molecule has 0 aliphatic carbocycles. The molecule has 0 saturated carbocycles. The van der Waals surface area contributed by atoms with Crippen molar-refractivity contribution in [3.05, 3.63) is 58.6 Å². The fraction of sp³-hybridized carbons (Fsp3) is 0.412. The van der Waals surface area contributed by atoms with Crippen LogP contribution < -0.4 is 10.5 Å². The minimum absolute atomic E-state index is 0.0153. The molecule has 0 amide bonds. The van der Waals surface area contributed by atoms with Crippen LogP contribution in [0.3, 0.4) is 0 Å². The van der Waals surface area contributed by atoms with Crippen molar-refractivity contribution in [2.24, 2.45) is 0 Å². The van der Waals surface area contributed by atoms with E-state index in [0.29, 0.717) is 12.4 Å². The lowest BCUT2D eigenvalue weighted by atomic mass is 10.2. The Kier molecular flexibility index (Phi) is 4.53. The van der Waals surface area contributed by atoms with Crippen LogP contribution in [0.4, 0.5) is 5.82 Å². The van der Waals surface area contributed by atoms with Gasteiger partial charge in [0.1, 0.15) is 0 Å². The fourth-order valence-electron chi connectivity index (χ4n) is 2.86. The third-order valence-corrected chi connectivity index (χ3v) is 4.16. The van der Waals surface area contributed by atoms with E-state index in [2.05, 4.69) is 39.0 Å². The molecule has 5 heteroatoms. The quantitative estimate of drug-likeness (QED) is 0.859. The summed E-state index contributed by atoms with van der Waals surface area (Å²) in [7, 11) is 0. The van der Waals surface area contributed by atoms with Gasteiger partial charge in [0.15, 0.2) is 5.82 Å². The second-order valence-electron chi connectivity index (χ2n) is 5.59. The highest BCUT2D eigenvalue weighted by molar-refractivity contribution is 5.36. The Morgan fingerprint density at radius 1 is 1.09 bits per heavy atom. The van der Waals surface area contributed by atoms with Crippen molar-refractivity contribution in [3.63, 3.8) is 0 Å². The van der Waals surface area contributed by atoms with Gasteiger partial charge in [0.2, 0.25) is 0 Å². The molecule has 1 aromatic heterocycles. The lowest BCUT2D eigenvalue weighted by Gasteiger charge is -2.35. The van der Waals surface area contributed by atoms with Crippen LogP contribution in [0.15, 0.2) is 47.5 Å². The Bertz CT molecular complexity index is 660. The zero-order chi connectivity index (χ0) is 15.4. The van der Waals surface area contributed by atoms with E-state index in [0.717, 1.165) is 32.7 Å². The van der Waals surface area contributed by atoms with Crippen molar-refractivity contribution >= 4 is 5.82 Å². The molecule has 1 aliphatic rings. The summed E-state index contributed by atoms with van der Waals surface area (Å²) in [5.74, 6) is 0.587. The van der Waals surface area contributed by atoms with Crippen molar-refractivity contribution in [1.29, 1.82) is 0 Å². The van der Waals surface area contributed by atoms with E-state index >= 15 is 0 Å². The molecule has 5 nitrogen and oxygen atoms in total. The zero-order valence-corrected chi connectivity index (χ0v) is 13.0. The largest absolute Gasteiger partial charge is 0.349 e. The van der Waals surface area contributed by atoms with Gasteiger partial charge in [-0.3, -0.25) is 9.69 Å². The summed E-state index contributed by atoms with van der Waals surface area (Å²) in [6, 6.07) is 10.5. The molecule has 2 aromatic rings. The van der Waals surface area contributed by atoms with Gasteiger partial charge in [-0.15, -0.1) is 0 Å². The first-order valence-electron chi connectivity index (χ1n) is 7.84. The monoisotopic (exact) mass is 298 g/mol. The normalized spacial score (nSPS) is 16.0. The summed E-state index contributed by atoms with van der Waals surface area (Å²) >= 11 is 0. The molecule has 22 heavy (non-hydrogen) atoms. The SMILES string of the molecule is CCn1ccnc(N2CCN(Cc3ccccc3)CC2)c1=O. The molecule has 2 heterocycles. The van der Waals surface area contributed by atoms with Gasteiger partial charge in [0.25, 0.3) is 5.56 Å². The molecular formula is C17H22N4O. The molecule has 0 radical (unpaired) electrons. The second kappa shape index (κ2) is 6.75. The predicted octanol–water partition coefficient (Wildman–Crippen LogP) is 1.59. The van der Waals surface area contributed by atoms with Gasteiger partial charge in [-0.1, -0.05) is 30.3 Å². The minimum atomic E-state index is 0.0153. The zero-order valence-electron chi connectivity index (χ0n) is 13.0. The van der Waals surface area contributed by atoms with Gasteiger partial charge in [-0.05, 0) is 12.5 Å². The van der Waals surface area contributed by atoms with Crippen LogP contribution >= 0.6 is 0 Å². The first-order chi connectivity index (χ1) is 10.8. The van der Waals surface area contributed by atoms with Crippen molar-refractivity contribution in [2.75, 3.05) is 31.1 Å². The summed E-state index contributed by atoms with van der Waals surface area (Å²) < 4.78 is 1.71. The van der Waals surface area contributed by atoms with Crippen molar-refractivity contribution < 1.29 is 0 Å². The van der Waals surface area contributed by atoms with Crippen LogP contribution in [0.1, 0.15) is 12.5 Å². The summed E-state index contributed by atoms with van der Waals surface area (Å²) in [5.41, 5.74) is 1.35. The minimum Gasteiger partial charge on any atom is -0.349 e. The summed E-state index contributed by atoms with van der Waals surface area (Å²) in [6.45, 7) is 7.24. The van der Waals surface area contributed by atoms with Crippen molar-refractivity contribution in [3.8, 4) is 0 Å². The topological polar surface area (TPSA) is 41.4 Å². The van der Waals surface area contributed by atoms with Gasteiger partial charge in [0.05, 0.1) is 0 Å². The first-order valence-corrected chi connectivity index (χ1v) is 7.84. The number of piperazine rings is 1. The highest BCUT2D eigenvalue weighted by Crippen LogP contribution is 2.11. The van der Waals surface area contributed by atoms with Gasteiger partial charge in [0, 0.05) is 51.7 Å². The summed E-state index contributed by atoms with van der Waals surface area (Å²) in [5, 5.41) is 0. The average Bonchev–Trinajstić information content (AvgIpc) is 2.57. The lowest BCUT2D eigenvalue weighted by molar-refractivity contribution is 0.249. The van der Waals surface area contributed by atoms with Crippen LogP contribution in [0, 0.1) is 0 Å². The highest BCUT2D eigenvalue weighted by Gasteiger charge is 2.20. The fourth-order valence-corrected chi connectivity index (χ4v) is 2.86. The van der Waals surface area contributed by atoms with E-state index in [4.69, 9.17) is 0 Å². The van der Waals surface area contributed by atoms with E-state index in [9.17, 15) is 4.79 Å². The molecule has 1 aliphatic heterocycles. The second-order valence-corrected chi connectivity index (χ2v) is 5.59. The molecule has 0 unspecified atom stereocenters. The molecule has 1 saturated heterocycles. The maximum Gasteiger partial charge on any atom is 0.293 e. The number of aryl methyl sites for hydroxylation is 1. The Labute approximate surface area is 130 Å². The van der Waals surface area contributed by atoms with Crippen molar-refractivity contribution in [1.82, 2.24) is 14.5 Å². The third kappa shape index (κ3) is 3.20. The van der Waals surface area contributed by atoms with Gasteiger partial charge >= 0.3 is 0 Å². The highest BCUT2D eigenvalue weighted by atomic mass is 16.1. The van der Waals surface area contributed by atoms with Crippen LogP contribution in [0.2, 0.25) is 0 Å². The molecule has 0 atom stereocenters. The molecule has 0 N–H and O–H groups in total. The third-order valence-electron chi connectivity index (χ3n) is 4.16. The number of rotatable bonds is 4. The summed E-state index contributed by atoms with van der Waals surface area (Å²) in [4.78, 5) is 21.1. The van der Waals surface area contributed by atoms with Crippen LogP contribution in [-0.4, -0.2) is 40.6 Å². The number of aromatic nitrogens is 2. The molecule has 116 valence electrons. The maximum absolute atomic E-state index is 12.3. The molecule has 1 aromatic carbocycles. The number of benzene rings is 1. The first kappa shape index (κ1) is 14.8. The predicted molar refractivity (Wildman–Crippen MR) is 88.1 cm³/mol. The Morgan fingerprint density at radius 3 is 2.50 bits per heavy atom. The van der Waals surface area contributed by atoms with Crippen LogP contribution in [-0.2, 0) is 13.1 Å². The average molecular weight is 298 g/mol. The van der Waals surface area contributed by atoms with Crippen LogP contribution in [0.5, 0.6) is 0 Å². The Hall–Kier alpha value is -2.14. The number of anilines is 1. The van der Waals surface area contributed by atoms with Crippen LogP contribution in [0.25, 0.3) is 0 Å². The number of hydrogen-bond donors (Lipinski definition) is 0. The smallest absolute Gasteiger partial charge is 0.293 e.